The van der Waals surface area contributed by atoms with E-state index in [0.717, 1.165) is 16.7 Å². The highest BCUT2D eigenvalue weighted by molar-refractivity contribution is 7.19. The van der Waals surface area contributed by atoms with E-state index < -0.39 is 0 Å². The first kappa shape index (κ1) is 17.2. The quantitative estimate of drug-likeness (QED) is 0.490. The first-order chi connectivity index (χ1) is 13.1. The van der Waals surface area contributed by atoms with Crippen LogP contribution in [0, 0.1) is 12.7 Å². The lowest BCUT2D eigenvalue weighted by Crippen LogP contribution is -2.10. The number of amides is 1. The number of nitrogens with one attached hydrogen (secondary N) is 1. The van der Waals surface area contributed by atoms with Crippen molar-refractivity contribution in [1.82, 2.24) is 4.98 Å². The van der Waals surface area contributed by atoms with Crippen molar-refractivity contribution in [2.24, 2.45) is 0 Å². The van der Waals surface area contributed by atoms with Crippen LogP contribution in [-0.4, -0.2) is 10.9 Å². The van der Waals surface area contributed by atoms with Gasteiger partial charge in [0.05, 0.1) is 6.26 Å². The van der Waals surface area contributed by atoms with Crippen molar-refractivity contribution in [3.63, 3.8) is 0 Å². The van der Waals surface area contributed by atoms with E-state index in [4.69, 9.17) is 9.40 Å². The van der Waals surface area contributed by atoms with Gasteiger partial charge >= 0.3 is 0 Å². The Labute approximate surface area is 159 Å². The number of aromatic nitrogens is 1. The van der Waals surface area contributed by atoms with Crippen LogP contribution < -0.4 is 5.32 Å². The Bertz CT molecular complexity index is 1070. The van der Waals surface area contributed by atoms with E-state index in [2.05, 4.69) is 5.32 Å². The third-order valence-corrected chi connectivity index (χ3v) is 5.04. The molecule has 2 aromatic heterocycles. The average molecular weight is 378 g/mol. The smallest absolute Gasteiger partial charge is 0.292 e. The highest BCUT2D eigenvalue weighted by atomic mass is 32.1. The number of anilines is 1. The molecule has 2 aromatic carbocycles. The van der Waals surface area contributed by atoms with E-state index in [1.807, 2.05) is 31.2 Å². The molecule has 2 heterocycles. The Hall–Kier alpha value is -3.25. The number of carbonyl (C=O) groups is 1. The molecule has 0 aliphatic rings. The van der Waals surface area contributed by atoms with Crippen LogP contribution in [0.3, 0.4) is 0 Å². The topological polar surface area (TPSA) is 55.1 Å². The zero-order chi connectivity index (χ0) is 18.8. The van der Waals surface area contributed by atoms with Gasteiger partial charge in [0.2, 0.25) is 0 Å². The zero-order valence-electron chi connectivity index (χ0n) is 14.4. The molecule has 0 spiro atoms. The molecular weight excluding hydrogens is 363 g/mol. The number of thiazole rings is 1. The van der Waals surface area contributed by atoms with Crippen molar-refractivity contribution in [3.8, 4) is 21.8 Å². The number of halogens is 1. The van der Waals surface area contributed by atoms with Gasteiger partial charge in [0.15, 0.2) is 5.76 Å². The summed E-state index contributed by atoms with van der Waals surface area (Å²) in [7, 11) is 0. The van der Waals surface area contributed by atoms with Crippen molar-refractivity contribution in [1.29, 1.82) is 0 Å². The SMILES string of the molecule is Cc1ccc(-c2nc(-c3ccc(F)cc3)sc2NC(=O)c2ccco2)cc1. The molecule has 0 aliphatic carbocycles. The summed E-state index contributed by atoms with van der Waals surface area (Å²) in [5.41, 5.74) is 3.47. The van der Waals surface area contributed by atoms with Crippen LogP contribution in [0.5, 0.6) is 0 Å². The number of aryl methyl sites for hydroxylation is 1. The van der Waals surface area contributed by atoms with Crippen LogP contribution >= 0.6 is 11.3 Å². The van der Waals surface area contributed by atoms with Crippen LogP contribution in [0.15, 0.2) is 71.3 Å². The van der Waals surface area contributed by atoms with Gasteiger partial charge in [-0.3, -0.25) is 4.79 Å². The van der Waals surface area contributed by atoms with E-state index in [9.17, 15) is 9.18 Å². The van der Waals surface area contributed by atoms with E-state index in [-0.39, 0.29) is 17.5 Å². The predicted octanol–water partition coefficient (Wildman–Crippen LogP) is 5.77. The molecule has 1 N–H and O–H groups in total. The van der Waals surface area contributed by atoms with E-state index in [1.165, 1.54) is 29.7 Å². The third-order valence-electron chi connectivity index (χ3n) is 4.02. The fourth-order valence-corrected chi connectivity index (χ4v) is 3.59. The maximum atomic E-state index is 13.2. The lowest BCUT2D eigenvalue weighted by Gasteiger charge is -2.04. The average Bonchev–Trinajstić information content (AvgIpc) is 3.33. The minimum Gasteiger partial charge on any atom is -0.459 e. The van der Waals surface area contributed by atoms with Gasteiger partial charge in [0.25, 0.3) is 5.91 Å². The largest absolute Gasteiger partial charge is 0.459 e. The lowest BCUT2D eigenvalue weighted by molar-refractivity contribution is 0.0997. The Morgan fingerprint density at radius 2 is 1.74 bits per heavy atom. The van der Waals surface area contributed by atoms with Crippen molar-refractivity contribution in [2.45, 2.75) is 6.92 Å². The second-order valence-corrected chi connectivity index (χ2v) is 7.00. The number of carbonyl (C=O) groups excluding carboxylic acids is 1. The van der Waals surface area contributed by atoms with Gasteiger partial charge in [0, 0.05) is 11.1 Å². The van der Waals surface area contributed by atoms with Gasteiger partial charge in [-0.15, -0.1) is 0 Å². The fraction of sp³-hybridized carbons (Fsp3) is 0.0476. The summed E-state index contributed by atoms with van der Waals surface area (Å²) < 4.78 is 18.4. The van der Waals surface area contributed by atoms with Gasteiger partial charge in [0.1, 0.15) is 21.5 Å². The Morgan fingerprint density at radius 1 is 1.04 bits per heavy atom. The zero-order valence-corrected chi connectivity index (χ0v) is 15.2. The molecule has 0 atom stereocenters. The van der Waals surface area contributed by atoms with Crippen molar-refractivity contribution >= 4 is 22.2 Å². The highest BCUT2D eigenvalue weighted by Gasteiger charge is 2.18. The number of benzene rings is 2. The number of furan rings is 1. The molecule has 4 rings (SSSR count). The highest BCUT2D eigenvalue weighted by Crippen LogP contribution is 2.38. The first-order valence-corrected chi connectivity index (χ1v) is 9.10. The summed E-state index contributed by atoms with van der Waals surface area (Å²) in [5, 5.41) is 4.18. The van der Waals surface area contributed by atoms with Crippen molar-refractivity contribution in [2.75, 3.05) is 5.32 Å². The minimum absolute atomic E-state index is 0.224. The van der Waals surface area contributed by atoms with Gasteiger partial charge in [-0.2, -0.15) is 0 Å². The molecule has 4 aromatic rings. The van der Waals surface area contributed by atoms with E-state index >= 15 is 0 Å². The predicted molar refractivity (Wildman–Crippen MR) is 104 cm³/mol. The van der Waals surface area contributed by atoms with Crippen LogP contribution in [0.2, 0.25) is 0 Å². The van der Waals surface area contributed by atoms with E-state index in [0.29, 0.717) is 15.7 Å². The molecule has 0 unspecified atom stereocenters. The Morgan fingerprint density at radius 3 is 2.41 bits per heavy atom. The maximum Gasteiger partial charge on any atom is 0.292 e. The molecule has 0 radical (unpaired) electrons. The summed E-state index contributed by atoms with van der Waals surface area (Å²) in [4.78, 5) is 17.1. The lowest BCUT2D eigenvalue weighted by atomic mass is 10.1. The summed E-state index contributed by atoms with van der Waals surface area (Å²) >= 11 is 1.34. The summed E-state index contributed by atoms with van der Waals surface area (Å²) in [6.45, 7) is 2.01. The van der Waals surface area contributed by atoms with Crippen molar-refractivity contribution < 1.29 is 13.6 Å². The summed E-state index contributed by atoms with van der Waals surface area (Å²) in [6.07, 6.45) is 1.45. The van der Waals surface area contributed by atoms with Crippen LogP contribution in [0.4, 0.5) is 9.39 Å². The monoisotopic (exact) mass is 378 g/mol. The fourth-order valence-electron chi connectivity index (χ4n) is 2.60. The molecule has 0 bridgehead atoms. The molecule has 27 heavy (non-hydrogen) atoms. The molecule has 0 aliphatic heterocycles. The first-order valence-electron chi connectivity index (χ1n) is 8.29. The van der Waals surface area contributed by atoms with Crippen LogP contribution in [-0.2, 0) is 0 Å². The third kappa shape index (κ3) is 3.66. The standard InChI is InChI=1S/C21H15FN2O2S/c1-13-4-6-14(7-5-13)18-21(24-19(25)17-3-2-12-26-17)27-20(23-18)15-8-10-16(22)11-9-15/h2-12H,1H3,(H,24,25). The second-order valence-electron chi connectivity index (χ2n) is 6.00. The summed E-state index contributed by atoms with van der Waals surface area (Å²) in [6, 6.07) is 17.3. The maximum absolute atomic E-state index is 13.2. The molecule has 4 nitrogen and oxygen atoms in total. The molecule has 134 valence electrons. The van der Waals surface area contributed by atoms with Gasteiger partial charge in [-0.25, -0.2) is 9.37 Å². The number of nitrogens with zero attached hydrogens (tertiary/aromatic N) is 1. The van der Waals surface area contributed by atoms with Gasteiger partial charge in [-0.1, -0.05) is 41.2 Å². The number of rotatable bonds is 4. The molecule has 0 saturated heterocycles. The normalized spacial score (nSPS) is 10.7. The Kier molecular flexibility index (Phi) is 4.56. The second kappa shape index (κ2) is 7.17. The number of hydrogen-bond acceptors (Lipinski definition) is 4. The molecule has 0 saturated carbocycles. The number of hydrogen-bond donors (Lipinski definition) is 1. The van der Waals surface area contributed by atoms with Crippen molar-refractivity contribution in [3.05, 3.63) is 84.1 Å². The van der Waals surface area contributed by atoms with Crippen LogP contribution in [0.25, 0.3) is 21.8 Å². The van der Waals surface area contributed by atoms with Crippen LogP contribution in [0.1, 0.15) is 16.1 Å². The molecular formula is C21H15FN2O2S. The molecule has 1 amide bonds. The summed E-state index contributed by atoms with van der Waals surface area (Å²) in [5.74, 6) is -0.426. The minimum atomic E-state index is -0.345. The van der Waals surface area contributed by atoms with Gasteiger partial charge in [-0.05, 0) is 43.3 Å². The molecule has 6 heteroatoms. The molecule has 0 fully saturated rings. The Balaban J connectivity index is 1.76. The van der Waals surface area contributed by atoms with Gasteiger partial charge < -0.3 is 9.73 Å². The van der Waals surface area contributed by atoms with E-state index in [1.54, 1.807) is 24.3 Å².